The van der Waals surface area contributed by atoms with E-state index in [1.165, 1.54) is 11.3 Å². The second-order valence-electron chi connectivity index (χ2n) is 4.77. The van der Waals surface area contributed by atoms with Crippen LogP contribution in [-0.2, 0) is 4.74 Å². The smallest absolute Gasteiger partial charge is 0.413 e. The van der Waals surface area contributed by atoms with E-state index >= 15 is 0 Å². The number of nitrogens with zero attached hydrogens (tertiary/aromatic N) is 1. The van der Waals surface area contributed by atoms with Gasteiger partial charge in [-0.15, -0.1) is 0 Å². The van der Waals surface area contributed by atoms with Crippen LogP contribution in [0.5, 0.6) is 5.75 Å². The van der Waals surface area contributed by atoms with E-state index < -0.39 is 11.7 Å². The molecule has 1 heterocycles. The molecule has 2 aromatic rings. The van der Waals surface area contributed by atoms with Gasteiger partial charge in [0.15, 0.2) is 5.13 Å². The summed E-state index contributed by atoms with van der Waals surface area (Å²) in [5.41, 5.74) is 0.0918. The van der Waals surface area contributed by atoms with Crippen LogP contribution in [0.25, 0.3) is 10.2 Å². The Labute approximate surface area is 108 Å². The fourth-order valence-electron chi connectivity index (χ4n) is 1.38. The van der Waals surface area contributed by atoms with Gasteiger partial charge in [0.2, 0.25) is 0 Å². The van der Waals surface area contributed by atoms with Gasteiger partial charge in [-0.1, -0.05) is 17.4 Å². The summed E-state index contributed by atoms with van der Waals surface area (Å²) in [6.07, 6.45) is -0.555. The highest BCUT2D eigenvalue weighted by molar-refractivity contribution is 7.22. The Morgan fingerprint density at radius 3 is 2.78 bits per heavy atom. The van der Waals surface area contributed by atoms with E-state index in [2.05, 4.69) is 10.3 Å². The molecule has 0 spiro atoms. The van der Waals surface area contributed by atoms with Crippen LogP contribution < -0.4 is 5.32 Å². The molecule has 0 atom stereocenters. The number of ether oxygens (including phenoxy) is 1. The van der Waals surface area contributed by atoms with Crippen molar-refractivity contribution in [3.63, 3.8) is 0 Å². The number of nitrogens with one attached hydrogen (secondary N) is 1. The van der Waals surface area contributed by atoms with Crippen molar-refractivity contribution in [3.8, 4) is 5.75 Å². The number of rotatable bonds is 1. The van der Waals surface area contributed by atoms with E-state index in [1.54, 1.807) is 39.0 Å². The molecule has 0 aliphatic rings. The van der Waals surface area contributed by atoms with E-state index in [0.29, 0.717) is 15.3 Å². The number of carbonyl (C=O) groups is 1. The van der Waals surface area contributed by atoms with Gasteiger partial charge < -0.3 is 9.84 Å². The standard InChI is InChI=1S/C12H14N2O3S/c1-12(2,3)17-11(16)14-10-13-7-5-4-6-8(15)9(7)18-10/h4-6,15H,1-3H3,(H,13,14,16). The lowest BCUT2D eigenvalue weighted by molar-refractivity contribution is 0.0636. The number of aromatic nitrogens is 1. The summed E-state index contributed by atoms with van der Waals surface area (Å²) in [6.45, 7) is 5.37. The molecular formula is C12H14N2O3S. The van der Waals surface area contributed by atoms with Gasteiger partial charge in [0.25, 0.3) is 0 Å². The van der Waals surface area contributed by atoms with Gasteiger partial charge in [-0.3, -0.25) is 5.32 Å². The van der Waals surface area contributed by atoms with Gasteiger partial charge in [0.1, 0.15) is 11.4 Å². The van der Waals surface area contributed by atoms with Crippen LogP contribution in [0.2, 0.25) is 0 Å². The lowest BCUT2D eigenvalue weighted by Gasteiger charge is -2.18. The Hall–Kier alpha value is -1.82. The number of carbonyl (C=O) groups excluding carboxylic acids is 1. The van der Waals surface area contributed by atoms with Crippen LogP contribution in [-0.4, -0.2) is 21.8 Å². The maximum absolute atomic E-state index is 11.6. The van der Waals surface area contributed by atoms with Crippen molar-refractivity contribution < 1.29 is 14.6 Å². The van der Waals surface area contributed by atoms with Crippen molar-refractivity contribution in [1.29, 1.82) is 0 Å². The zero-order chi connectivity index (χ0) is 13.3. The highest BCUT2D eigenvalue weighted by atomic mass is 32.1. The van der Waals surface area contributed by atoms with E-state index in [0.717, 1.165) is 0 Å². The fraction of sp³-hybridized carbons (Fsp3) is 0.333. The number of aromatic hydroxyl groups is 1. The first kappa shape index (κ1) is 12.6. The Morgan fingerprint density at radius 1 is 1.44 bits per heavy atom. The maximum Gasteiger partial charge on any atom is 0.413 e. The quantitative estimate of drug-likeness (QED) is 0.830. The summed E-state index contributed by atoms with van der Waals surface area (Å²) in [6, 6.07) is 5.05. The first-order valence-corrected chi connectivity index (χ1v) is 6.25. The zero-order valence-electron chi connectivity index (χ0n) is 10.4. The SMILES string of the molecule is CC(C)(C)OC(=O)Nc1nc2cccc(O)c2s1. The van der Waals surface area contributed by atoms with Gasteiger partial charge in [0.05, 0.1) is 10.2 Å². The molecule has 0 aliphatic heterocycles. The van der Waals surface area contributed by atoms with Crippen molar-refractivity contribution in [2.24, 2.45) is 0 Å². The molecule has 6 heteroatoms. The van der Waals surface area contributed by atoms with Crippen molar-refractivity contribution >= 4 is 32.8 Å². The first-order chi connectivity index (χ1) is 8.35. The minimum Gasteiger partial charge on any atom is -0.506 e. The van der Waals surface area contributed by atoms with Crippen LogP contribution in [0.3, 0.4) is 0 Å². The number of benzene rings is 1. The van der Waals surface area contributed by atoms with E-state index in [1.807, 2.05) is 0 Å². The average molecular weight is 266 g/mol. The van der Waals surface area contributed by atoms with Crippen LogP contribution in [0.1, 0.15) is 20.8 Å². The molecule has 5 nitrogen and oxygen atoms in total. The maximum atomic E-state index is 11.6. The molecular weight excluding hydrogens is 252 g/mol. The molecule has 0 fully saturated rings. The predicted octanol–water partition coefficient (Wildman–Crippen LogP) is 3.35. The molecule has 96 valence electrons. The largest absolute Gasteiger partial charge is 0.506 e. The number of amides is 1. The highest BCUT2D eigenvalue weighted by Crippen LogP contribution is 2.32. The lowest BCUT2D eigenvalue weighted by atomic mass is 10.2. The number of phenolic OH excluding ortho intramolecular Hbond substituents is 1. The molecule has 0 saturated heterocycles. The summed E-state index contributed by atoms with van der Waals surface area (Å²) in [4.78, 5) is 15.8. The second-order valence-corrected chi connectivity index (χ2v) is 5.77. The summed E-state index contributed by atoms with van der Waals surface area (Å²) in [5.74, 6) is 0.155. The van der Waals surface area contributed by atoms with Gasteiger partial charge in [0, 0.05) is 0 Å². The average Bonchev–Trinajstić information content (AvgIpc) is 2.58. The van der Waals surface area contributed by atoms with E-state index in [9.17, 15) is 9.90 Å². The Balaban J connectivity index is 2.18. The van der Waals surface area contributed by atoms with Crippen LogP contribution >= 0.6 is 11.3 Å². The van der Waals surface area contributed by atoms with Gasteiger partial charge in [-0.05, 0) is 32.9 Å². The van der Waals surface area contributed by atoms with E-state index in [-0.39, 0.29) is 5.75 Å². The molecule has 0 bridgehead atoms. The topological polar surface area (TPSA) is 71.5 Å². The fourth-order valence-corrected chi connectivity index (χ4v) is 2.24. The molecule has 0 saturated carbocycles. The summed E-state index contributed by atoms with van der Waals surface area (Å²) < 4.78 is 5.76. The second kappa shape index (κ2) is 4.45. The number of thiazole rings is 1. The molecule has 2 N–H and O–H groups in total. The molecule has 0 unspecified atom stereocenters. The third-order valence-corrected chi connectivity index (χ3v) is 3.01. The van der Waals surface area contributed by atoms with Crippen molar-refractivity contribution in [2.45, 2.75) is 26.4 Å². The van der Waals surface area contributed by atoms with Crippen LogP contribution in [0.4, 0.5) is 9.93 Å². The van der Waals surface area contributed by atoms with Crippen molar-refractivity contribution in [3.05, 3.63) is 18.2 Å². The minimum atomic E-state index is -0.555. The molecule has 1 amide bonds. The van der Waals surface area contributed by atoms with Crippen molar-refractivity contribution in [2.75, 3.05) is 5.32 Å². The predicted molar refractivity (Wildman–Crippen MR) is 71.1 cm³/mol. The minimum absolute atomic E-state index is 0.155. The molecule has 2 rings (SSSR count). The number of phenols is 1. The molecule has 1 aromatic carbocycles. The normalized spacial score (nSPS) is 11.5. The van der Waals surface area contributed by atoms with Crippen molar-refractivity contribution in [1.82, 2.24) is 4.98 Å². The number of hydrogen-bond acceptors (Lipinski definition) is 5. The van der Waals surface area contributed by atoms with Gasteiger partial charge >= 0.3 is 6.09 Å². The summed E-state index contributed by atoms with van der Waals surface area (Å²) >= 11 is 1.21. The third kappa shape index (κ3) is 2.89. The summed E-state index contributed by atoms with van der Waals surface area (Å²) in [5, 5.41) is 12.6. The molecule has 1 aromatic heterocycles. The Kier molecular flexibility index (Phi) is 3.13. The number of hydrogen-bond donors (Lipinski definition) is 2. The summed E-state index contributed by atoms with van der Waals surface area (Å²) in [7, 11) is 0. The third-order valence-electron chi connectivity index (χ3n) is 2.00. The molecule has 0 radical (unpaired) electrons. The van der Waals surface area contributed by atoms with Crippen LogP contribution in [0, 0.1) is 0 Å². The van der Waals surface area contributed by atoms with E-state index in [4.69, 9.17) is 4.74 Å². The van der Waals surface area contributed by atoms with Gasteiger partial charge in [-0.25, -0.2) is 9.78 Å². The lowest BCUT2D eigenvalue weighted by Crippen LogP contribution is -2.27. The van der Waals surface area contributed by atoms with Gasteiger partial charge in [-0.2, -0.15) is 0 Å². The monoisotopic (exact) mass is 266 g/mol. The Bertz CT molecular complexity index is 587. The zero-order valence-corrected chi connectivity index (χ0v) is 11.2. The highest BCUT2D eigenvalue weighted by Gasteiger charge is 2.17. The number of fused-ring (bicyclic) bond motifs is 1. The van der Waals surface area contributed by atoms with Crippen LogP contribution in [0.15, 0.2) is 18.2 Å². The molecule has 0 aliphatic carbocycles. The Morgan fingerprint density at radius 2 is 2.17 bits per heavy atom. The first-order valence-electron chi connectivity index (χ1n) is 5.44. The number of anilines is 1. The molecule has 18 heavy (non-hydrogen) atoms.